The van der Waals surface area contributed by atoms with Crippen LogP contribution in [-0.4, -0.2) is 109 Å². The highest BCUT2D eigenvalue weighted by molar-refractivity contribution is 7.12. The fourth-order valence-electron chi connectivity index (χ4n) is 11.7. The molecule has 4 N–H and O–H groups in total. The van der Waals surface area contributed by atoms with E-state index < -0.39 is 145 Å². The van der Waals surface area contributed by atoms with E-state index in [1.165, 1.54) is 22.7 Å². The molecule has 2 aromatic rings. The second-order valence-electron chi connectivity index (χ2n) is 16.6. The maximum Gasteiger partial charge on any atom is 0.166 e. The van der Waals surface area contributed by atoms with Crippen molar-refractivity contribution in [3.8, 4) is 0 Å². The van der Waals surface area contributed by atoms with Gasteiger partial charge in [0.05, 0.1) is 23.9 Å². The van der Waals surface area contributed by atoms with Crippen molar-refractivity contribution in [2.24, 2.45) is 23.7 Å². The first-order valence-corrected chi connectivity index (χ1v) is 20.8. The van der Waals surface area contributed by atoms with E-state index in [1.807, 2.05) is 39.8 Å². The van der Waals surface area contributed by atoms with Gasteiger partial charge in [-0.3, -0.25) is 9.59 Å². The number of aryl methyl sites for hydroxylation is 4. The Hall–Kier alpha value is -1.98. The maximum atomic E-state index is 15.8. The van der Waals surface area contributed by atoms with E-state index in [0.29, 0.717) is 12.8 Å². The zero-order valence-corrected chi connectivity index (χ0v) is 31.6. The Bertz CT molecular complexity index is 1700. The molecule has 0 aromatic carbocycles. The summed E-state index contributed by atoms with van der Waals surface area (Å²) in [5.74, 6) is -8.96. The van der Waals surface area contributed by atoms with Crippen molar-refractivity contribution in [2.45, 2.75) is 150 Å². The van der Waals surface area contributed by atoms with Gasteiger partial charge in [-0.1, -0.05) is 13.8 Å². The van der Waals surface area contributed by atoms with Crippen LogP contribution in [0.3, 0.4) is 0 Å². The first-order valence-electron chi connectivity index (χ1n) is 19.1. The highest BCUT2D eigenvalue weighted by Gasteiger charge is 2.71. The van der Waals surface area contributed by atoms with Gasteiger partial charge in [-0.25, -0.2) is 35.1 Å². The molecule has 2 aliphatic heterocycles. The number of nitrogens with one attached hydrogen (secondary N) is 4. The second kappa shape index (κ2) is 13.3. The lowest BCUT2D eigenvalue weighted by atomic mass is 9.63. The van der Waals surface area contributed by atoms with Gasteiger partial charge < -0.3 is 21.3 Å². The van der Waals surface area contributed by atoms with Crippen molar-refractivity contribution in [2.75, 3.05) is 0 Å². The van der Waals surface area contributed by atoms with Crippen LogP contribution in [0.5, 0.6) is 0 Å². The number of carbonyl (C=O) groups excluding carboxylic acids is 2. The Balaban J connectivity index is 1.20. The first-order chi connectivity index (χ1) is 25.7. The molecule has 0 spiro atoms. The van der Waals surface area contributed by atoms with Gasteiger partial charge in [0.2, 0.25) is 0 Å². The Morgan fingerprint density at radius 3 is 1.15 bits per heavy atom. The monoisotopic (exact) mass is 804 g/mol. The van der Waals surface area contributed by atoms with Crippen molar-refractivity contribution in [1.29, 1.82) is 0 Å². The maximum absolute atomic E-state index is 15.8. The van der Waals surface area contributed by atoms with Crippen LogP contribution in [0.15, 0.2) is 12.1 Å². The van der Waals surface area contributed by atoms with Gasteiger partial charge in [0.15, 0.2) is 36.3 Å². The number of alkyl halides is 8. The summed E-state index contributed by atoms with van der Waals surface area (Å²) in [7, 11) is 0. The van der Waals surface area contributed by atoms with E-state index in [9.17, 15) is 27.2 Å². The molecular weight excluding hydrogens is 761 g/mol. The van der Waals surface area contributed by atoms with E-state index in [-0.39, 0.29) is 0 Å². The average molecular weight is 805 g/mol. The fraction of sp³-hybridized carbons (Fsp3) is 0.737. The van der Waals surface area contributed by atoms with Crippen molar-refractivity contribution < 1.29 is 44.7 Å². The Kier molecular flexibility index (Phi) is 9.25. The summed E-state index contributed by atoms with van der Waals surface area (Å²) in [6, 6.07) is -3.07. The summed E-state index contributed by atoms with van der Waals surface area (Å²) >= 11 is 3.03. The number of halogens is 8. The molecule has 2 saturated heterocycles. The van der Waals surface area contributed by atoms with Crippen molar-refractivity contribution in [1.82, 2.24) is 21.3 Å². The molecule has 5 aliphatic carbocycles. The molecule has 7 aliphatic rings. The smallest absolute Gasteiger partial charge is 0.166 e. The van der Waals surface area contributed by atoms with Crippen LogP contribution >= 0.6 is 22.7 Å². The molecule has 0 bridgehead atoms. The molecule has 2 aromatic heterocycles. The molecule has 0 amide bonds. The largest absolute Gasteiger partial charge is 0.307 e. The number of carbonyl (C=O) groups is 2. The van der Waals surface area contributed by atoms with E-state index in [2.05, 4.69) is 21.3 Å². The lowest BCUT2D eigenvalue weighted by Crippen LogP contribution is -2.80. The summed E-state index contributed by atoms with van der Waals surface area (Å²) in [4.78, 5) is 31.8. The zero-order valence-electron chi connectivity index (χ0n) is 29.9. The van der Waals surface area contributed by atoms with Gasteiger partial charge in [-0.05, 0) is 49.9 Å². The third-order valence-electron chi connectivity index (χ3n) is 14.2. The molecule has 16 heteroatoms. The summed E-state index contributed by atoms with van der Waals surface area (Å²) in [6.45, 7) is 7.96. The van der Waals surface area contributed by atoms with Crippen molar-refractivity contribution >= 4 is 34.2 Å². The van der Waals surface area contributed by atoms with Gasteiger partial charge in [0.25, 0.3) is 0 Å². The molecule has 5 saturated carbocycles. The van der Waals surface area contributed by atoms with Crippen LogP contribution in [0.1, 0.15) is 56.3 Å². The lowest BCUT2D eigenvalue weighted by Gasteiger charge is -2.59. The summed E-state index contributed by atoms with van der Waals surface area (Å²) < 4.78 is 122. The minimum atomic E-state index is -2.78. The van der Waals surface area contributed by atoms with Crippen LogP contribution in [0.25, 0.3) is 0 Å². The van der Waals surface area contributed by atoms with E-state index in [0.717, 1.165) is 30.6 Å². The van der Waals surface area contributed by atoms with Crippen LogP contribution in [-0.2, 0) is 22.4 Å². The predicted molar refractivity (Wildman–Crippen MR) is 188 cm³/mol. The first kappa shape index (κ1) is 37.6. The average Bonchev–Trinajstić information content (AvgIpc) is 3.88. The molecule has 9 rings (SSSR count). The second-order valence-corrected chi connectivity index (χ2v) is 19.1. The Labute approximate surface area is 316 Å². The number of hydrogen-bond donors (Lipinski definition) is 4. The summed E-state index contributed by atoms with van der Waals surface area (Å²) in [5, 5.41) is 13.9. The molecular formula is C38H44F8N4O2S2. The third-order valence-corrected chi connectivity index (χ3v) is 16.6. The molecule has 7 fully saturated rings. The molecule has 6 nitrogen and oxygen atoms in total. The van der Waals surface area contributed by atoms with Gasteiger partial charge >= 0.3 is 0 Å². The summed E-state index contributed by atoms with van der Waals surface area (Å²) in [5.41, 5.74) is 2.12. The van der Waals surface area contributed by atoms with Gasteiger partial charge in [0.1, 0.15) is 24.7 Å². The van der Waals surface area contributed by atoms with Gasteiger partial charge in [0, 0.05) is 79.4 Å². The zero-order chi connectivity index (χ0) is 38.4. The van der Waals surface area contributed by atoms with Crippen LogP contribution in [0.2, 0.25) is 0 Å². The topological polar surface area (TPSA) is 82.3 Å². The van der Waals surface area contributed by atoms with E-state index in [1.54, 1.807) is 0 Å². The minimum absolute atomic E-state index is 0.554. The Morgan fingerprint density at radius 2 is 0.815 bits per heavy atom. The number of rotatable bonds is 4. The third kappa shape index (κ3) is 5.07. The fourth-order valence-corrected chi connectivity index (χ4v) is 14.4. The quantitative estimate of drug-likeness (QED) is 0.322. The van der Waals surface area contributed by atoms with Crippen LogP contribution in [0.4, 0.5) is 35.1 Å². The molecule has 296 valence electrons. The van der Waals surface area contributed by atoms with Gasteiger partial charge in [-0.2, -0.15) is 0 Å². The number of hydrogen-bond acceptors (Lipinski definition) is 8. The summed E-state index contributed by atoms with van der Waals surface area (Å²) in [6.07, 6.45) is -19.6. The molecule has 54 heavy (non-hydrogen) atoms. The predicted octanol–water partition coefficient (Wildman–Crippen LogP) is 5.13. The van der Waals surface area contributed by atoms with Crippen molar-refractivity contribution in [3.05, 3.63) is 42.8 Å². The van der Waals surface area contributed by atoms with E-state index in [4.69, 9.17) is 0 Å². The minimum Gasteiger partial charge on any atom is -0.307 e. The van der Waals surface area contributed by atoms with Crippen LogP contribution in [0, 0.1) is 37.5 Å². The van der Waals surface area contributed by atoms with Gasteiger partial charge in [-0.15, -0.1) is 22.7 Å². The lowest BCUT2D eigenvalue weighted by molar-refractivity contribution is -0.133. The molecule has 0 radical (unpaired) electrons. The normalized spacial score (nSPS) is 50.9. The highest BCUT2D eigenvalue weighted by atomic mass is 32.1. The molecule has 22 unspecified atom stereocenters. The SMILES string of the molecule is CCc1cc(C2C3NC4C(=O)C5C(F)C(F)C(F)C(F)C5C4NC3C(c3cc(CC)c(C)s3)C3NC4C(=O)C5C(F)C(F)C(F)C(F)C5C4NC32)sc1C. The highest BCUT2D eigenvalue weighted by Crippen LogP contribution is 2.55. The number of thiophene rings is 2. The molecule has 4 heterocycles. The molecule has 22 atom stereocenters. The van der Waals surface area contributed by atoms with Crippen LogP contribution < -0.4 is 21.3 Å². The van der Waals surface area contributed by atoms with Crippen molar-refractivity contribution in [3.63, 3.8) is 0 Å². The number of Topliss-reactive ketones (excluding diaryl/α,β-unsaturated/α-hetero) is 2. The number of fused-ring (bicyclic) bond motifs is 8. The Morgan fingerprint density at radius 1 is 0.481 bits per heavy atom. The standard InChI is InChI=1S/C38H44F8N4O2S2/c1-5-11-7-13(53-9(11)3)15-29-32(50-36-33(47-29)17-19(38(36)52)23(41)27(45)25(43)21(17)39)16(14-8-12(6-2)10(4)54-14)30-31(15)49-35-34(48-30)18-20(37(35)51)24(42)28(46)26(44)22(18)40/h7-8,15-36,47-50H,5-6H2,1-4H3. The number of ketones is 2. The van der Waals surface area contributed by atoms with E-state index >= 15 is 17.6 Å². The number of piperazine rings is 2.